The van der Waals surface area contributed by atoms with E-state index in [4.69, 9.17) is 10.00 Å². The number of hydrogen-bond donors (Lipinski definition) is 0. The van der Waals surface area contributed by atoms with Crippen LogP contribution in [0.4, 0.5) is 0 Å². The molecule has 1 aromatic carbocycles. The zero-order valence-corrected chi connectivity index (χ0v) is 12.2. The van der Waals surface area contributed by atoms with E-state index in [2.05, 4.69) is 0 Å². The number of nitrogens with zero attached hydrogens (tertiary/aromatic N) is 1. The van der Waals surface area contributed by atoms with Crippen LogP contribution in [0.25, 0.3) is 0 Å². The van der Waals surface area contributed by atoms with Gasteiger partial charge in [0.05, 0.1) is 17.7 Å². The van der Waals surface area contributed by atoms with Crippen molar-refractivity contribution in [3.63, 3.8) is 0 Å². The first-order valence-electron chi connectivity index (χ1n) is 4.17. The molecule has 0 aromatic heterocycles. The first kappa shape index (κ1) is 12.7. The SMILES string of the molecule is CCOC(=O)c1c(I)ccc(I)c1C#N. The summed E-state index contributed by atoms with van der Waals surface area (Å²) in [7, 11) is 0. The maximum absolute atomic E-state index is 11.6. The number of carbonyl (C=O) groups is 1. The van der Waals surface area contributed by atoms with E-state index in [0.717, 1.165) is 7.14 Å². The highest BCUT2D eigenvalue weighted by Crippen LogP contribution is 2.22. The van der Waals surface area contributed by atoms with Gasteiger partial charge in [-0.15, -0.1) is 0 Å². The number of rotatable bonds is 2. The lowest BCUT2D eigenvalue weighted by atomic mass is 10.1. The molecule has 0 spiro atoms. The lowest BCUT2D eigenvalue weighted by Gasteiger charge is -2.07. The van der Waals surface area contributed by atoms with Gasteiger partial charge < -0.3 is 4.74 Å². The molecule has 1 rings (SSSR count). The van der Waals surface area contributed by atoms with Gasteiger partial charge in [-0.25, -0.2) is 4.79 Å². The van der Waals surface area contributed by atoms with Crippen LogP contribution in [0.1, 0.15) is 22.8 Å². The summed E-state index contributed by atoms with van der Waals surface area (Å²) in [6.45, 7) is 2.05. The van der Waals surface area contributed by atoms with Crippen LogP contribution in [-0.2, 0) is 4.74 Å². The van der Waals surface area contributed by atoms with Crippen LogP contribution in [0.2, 0.25) is 0 Å². The minimum atomic E-state index is -0.433. The molecule has 1 aromatic rings. The highest BCUT2D eigenvalue weighted by Gasteiger charge is 2.18. The van der Waals surface area contributed by atoms with E-state index in [1.807, 2.05) is 57.3 Å². The highest BCUT2D eigenvalue weighted by atomic mass is 127. The molecule has 0 heterocycles. The molecule has 78 valence electrons. The van der Waals surface area contributed by atoms with Crippen LogP contribution in [0.5, 0.6) is 0 Å². The molecule has 0 atom stereocenters. The Bertz CT molecular complexity index is 438. The van der Waals surface area contributed by atoms with Crippen LogP contribution in [0.15, 0.2) is 12.1 Å². The Kier molecular flexibility index (Phi) is 4.79. The fourth-order valence-corrected chi connectivity index (χ4v) is 2.30. The summed E-state index contributed by atoms with van der Waals surface area (Å²) in [6, 6.07) is 5.64. The van der Waals surface area contributed by atoms with E-state index in [9.17, 15) is 4.79 Å². The molecule has 0 aliphatic carbocycles. The molecule has 0 amide bonds. The Morgan fingerprint density at radius 2 is 2.07 bits per heavy atom. The number of carbonyl (C=O) groups excluding carboxylic acids is 1. The van der Waals surface area contributed by atoms with Crippen molar-refractivity contribution in [3.8, 4) is 6.07 Å². The van der Waals surface area contributed by atoms with Gasteiger partial charge in [0, 0.05) is 7.14 Å². The Morgan fingerprint density at radius 3 is 2.60 bits per heavy atom. The van der Waals surface area contributed by atoms with Gasteiger partial charge in [0.25, 0.3) is 0 Å². The Labute approximate surface area is 115 Å². The maximum atomic E-state index is 11.6. The average Bonchev–Trinajstić information content (AvgIpc) is 2.21. The van der Waals surface area contributed by atoms with Crippen LogP contribution in [0, 0.1) is 18.5 Å². The zero-order chi connectivity index (χ0) is 11.4. The molecule has 0 N–H and O–H groups in total. The number of nitriles is 1. The lowest BCUT2D eigenvalue weighted by Crippen LogP contribution is -2.10. The third-order valence-corrected chi connectivity index (χ3v) is 3.49. The van der Waals surface area contributed by atoms with Crippen LogP contribution in [-0.4, -0.2) is 12.6 Å². The molecule has 0 unspecified atom stereocenters. The molecule has 0 saturated carbocycles. The summed E-state index contributed by atoms with van der Waals surface area (Å²) < 4.78 is 6.41. The second-order valence-corrected chi connectivity index (χ2v) is 4.94. The summed E-state index contributed by atoms with van der Waals surface area (Å²) in [5.74, 6) is -0.433. The summed E-state index contributed by atoms with van der Waals surface area (Å²) in [5.41, 5.74) is 0.757. The normalized spacial score (nSPS) is 9.47. The number of halogens is 2. The molecule has 0 saturated heterocycles. The molecule has 0 bridgehead atoms. The van der Waals surface area contributed by atoms with Crippen molar-refractivity contribution in [1.29, 1.82) is 5.26 Å². The van der Waals surface area contributed by atoms with Crippen LogP contribution >= 0.6 is 45.2 Å². The van der Waals surface area contributed by atoms with E-state index < -0.39 is 5.97 Å². The van der Waals surface area contributed by atoms with Crippen molar-refractivity contribution in [2.45, 2.75) is 6.92 Å². The topological polar surface area (TPSA) is 50.1 Å². The molecule has 0 aliphatic heterocycles. The van der Waals surface area contributed by atoms with Gasteiger partial charge in [-0.2, -0.15) is 5.26 Å². The zero-order valence-electron chi connectivity index (χ0n) is 7.88. The van der Waals surface area contributed by atoms with Gasteiger partial charge in [0.1, 0.15) is 6.07 Å². The minimum absolute atomic E-state index is 0.311. The third kappa shape index (κ3) is 2.81. The monoisotopic (exact) mass is 427 g/mol. The Hall–Kier alpha value is -0.360. The largest absolute Gasteiger partial charge is 0.462 e. The van der Waals surface area contributed by atoms with Crippen molar-refractivity contribution in [1.82, 2.24) is 0 Å². The van der Waals surface area contributed by atoms with Gasteiger partial charge in [-0.1, -0.05) is 0 Å². The predicted octanol–water partition coefficient (Wildman–Crippen LogP) is 2.94. The van der Waals surface area contributed by atoms with Gasteiger partial charge in [0.2, 0.25) is 0 Å². The summed E-state index contributed by atoms with van der Waals surface area (Å²) in [6.07, 6.45) is 0. The smallest absolute Gasteiger partial charge is 0.340 e. The lowest BCUT2D eigenvalue weighted by molar-refractivity contribution is 0.0524. The van der Waals surface area contributed by atoms with Crippen molar-refractivity contribution in [2.75, 3.05) is 6.61 Å². The van der Waals surface area contributed by atoms with E-state index in [1.165, 1.54) is 0 Å². The third-order valence-electron chi connectivity index (χ3n) is 1.70. The summed E-state index contributed by atoms with van der Waals surface area (Å²) >= 11 is 4.06. The number of esters is 1. The van der Waals surface area contributed by atoms with Crippen LogP contribution in [0.3, 0.4) is 0 Å². The van der Waals surface area contributed by atoms with E-state index in [0.29, 0.717) is 17.7 Å². The quantitative estimate of drug-likeness (QED) is 0.539. The van der Waals surface area contributed by atoms with E-state index >= 15 is 0 Å². The second-order valence-electron chi connectivity index (χ2n) is 2.61. The van der Waals surface area contributed by atoms with Crippen molar-refractivity contribution in [3.05, 3.63) is 30.4 Å². The fourth-order valence-electron chi connectivity index (χ4n) is 1.06. The second kappa shape index (κ2) is 5.65. The number of ether oxygens (including phenoxy) is 1. The first-order valence-corrected chi connectivity index (χ1v) is 6.32. The maximum Gasteiger partial charge on any atom is 0.340 e. The molecular formula is C10H7I2NO2. The molecule has 0 fully saturated rings. The molecule has 0 aliphatic rings. The van der Waals surface area contributed by atoms with Gasteiger partial charge in [-0.3, -0.25) is 0 Å². The standard InChI is InChI=1S/C10H7I2NO2/c1-2-15-10(14)9-6(5-13)7(11)3-4-8(9)12/h3-4H,2H2,1H3. The van der Waals surface area contributed by atoms with E-state index in [1.54, 1.807) is 13.0 Å². The van der Waals surface area contributed by atoms with E-state index in [-0.39, 0.29) is 0 Å². The highest BCUT2D eigenvalue weighted by molar-refractivity contribution is 14.1. The summed E-state index contributed by atoms with van der Waals surface area (Å²) in [4.78, 5) is 11.6. The predicted molar refractivity (Wildman–Crippen MR) is 72.5 cm³/mol. The van der Waals surface area contributed by atoms with Crippen molar-refractivity contribution in [2.24, 2.45) is 0 Å². The van der Waals surface area contributed by atoms with Crippen LogP contribution < -0.4 is 0 Å². The molecule has 0 radical (unpaired) electrons. The molecule has 5 heteroatoms. The average molecular weight is 427 g/mol. The van der Waals surface area contributed by atoms with Gasteiger partial charge in [-0.05, 0) is 64.2 Å². The molecule has 3 nitrogen and oxygen atoms in total. The van der Waals surface area contributed by atoms with Crippen molar-refractivity contribution < 1.29 is 9.53 Å². The minimum Gasteiger partial charge on any atom is -0.462 e. The number of benzene rings is 1. The van der Waals surface area contributed by atoms with Gasteiger partial charge >= 0.3 is 5.97 Å². The Morgan fingerprint density at radius 1 is 1.47 bits per heavy atom. The fraction of sp³-hybridized carbons (Fsp3) is 0.200. The molecular weight excluding hydrogens is 420 g/mol. The first-order chi connectivity index (χ1) is 7.11. The van der Waals surface area contributed by atoms with Crippen molar-refractivity contribution >= 4 is 51.2 Å². The Balaban J connectivity index is 3.33. The summed E-state index contributed by atoms with van der Waals surface area (Å²) in [5, 5.41) is 8.97. The number of hydrogen-bond acceptors (Lipinski definition) is 3. The molecule has 15 heavy (non-hydrogen) atoms. The van der Waals surface area contributed by atoms with Gasteiger partial charge in [0.15, 0.2) is 0 Å².